The van der Waals surface area contributed by atoms with Crippen LogP contribution in [0.1, 0.15) is 0 Å². The Bertz CT molecular complexity index is 57.8. The molecule has 0 aromatic carbocycles. The fourth-order valence-corrected chi connectivity index (χ4v) is 0. The molecule has 3 N–H and O–H groups in total. The minimum absolute atomic E-state index is 0. The van der Waals surface area contributed by atoms with Crippen molar-refractivity contribution < 1.29 is 41.6 Å². The van der Waals surface area contributed by atoms with Crippen LogP contribution in [0.25, 0.3) is 0 Å². The Hall–Kier alpha value is 2.11. The van der Waals surface area contributed by atoms with E-state index in [1.165, 1.54) is 0 Å². The van der Waals surface area contributed by atoms with Crippen LogP contribution >= 0.6 is 7.82 Å². The molecule has 0 saturated carbocycles. The van der Waals surface area contributed by atoms with Gasteiger partial charge < -0.3 is 14.7 Å². The van der Waals surface area contributed by atoms with Crippen molar-refractivity contribution in [3.05, 3.63) is 0 Å². The van der Waals surface area contributed by atoms with Gasteiger partial charge in [0.15, 0.2) is 0 Å². The first-order chi connectivity index (χ1) is 2.00. The molecule has 4 nitrogen and oxygen atoms in total. The van der Waals surface area contributed by atoms with Gasteiger partial charge in [0.2, 0.25) is 0 Å². The van der Waals surface area contributed by atoms with E-state index in [4.69, 9.17) is 19.2 Å². The standard InChI is InChI=1S/Ag.Ca.H3O4P.2H/c;;1-5(2,3)4;;/h;;(H3,1,2,3,4);;. The van der Waals surface area contributed by atoms with E-state index < -0.39 is 7.82 Å². The van der Waals surface area contributed by atoms with Gasteiger partial charge in [0.1, 0.15) is 0 Å². The molecule has 0 heterocycles. The zero-order chi connectivity index (χ0) is 4.50. The molecule has 0 aliphatic rings. The van der Waals surface area contributed by atoms with Crippen LogP contribution in [0.4, 0.5) is 0 Å². The Morgan fingerprint density at radius 2 is 1.14 bits per heavy atom. The van der Waals surface area contributed by atoms with Gasteiger partial charge >= 0.3 is 45.6 Å². The molecule has 0 saturated heterocycles. The van der Waals surface area contributed by atoms with Gasteiger partial charge in [-0.3, -0.25) is 0 Å². The summed E-state index contributed by atoms with van der Waals surface area (Å²) in [6.07, 6.45) is 0. The Morgan fingerprint density at radius 1 is 1.14 bits per heavy atom. The quantitative estimate of drug-likeness (QED) is 0.347. The molecular weight excluding hydrogens is 243 g/mol. The molecule has 0 aromatic heterocycles. The second-order valence-corrected chi connectivity index (χ2v) is 1.54. The van der Waals surface area contributed by atoms with Crippen LogP contribution in [-0.2, 0) is 26.9 Å². The third kappa shape index (κ3) is 68.0. The molecule has 0 spiro atoms. The van der Waals surface area contributed by atoms with Gasteiger partial charge in [-0.25, -0.2) is 4.57 Å². The van der Waals surface area contributed by atoms with Gasteiger partial charge in [0.05, 0.1) is 0 Å². The van der Waals surface area contributed by atoms with E-state index in [0.29, 0.717) is 0 Å². The zero-order valence-corrected chi connectivity index (χ0v) is 4.88. The normalized spacial score (nSPS) is 8.43. The first-order valence-corrected chi connectivity index (χ1v) is 2.35. The molecule has 7 heteroatoms. The Morgan fingerprint density at radius 3 is 1.14 bits per heavy atom. The summed E-state index contributed by atoms with van der Waals surface area (Å²) in [7, 11) is -4.64. The molecule has 0 atom stereocenters. The molecular formula is H5AgCaO4P. The Balaban J connectivity index is -0.0000000800. The van der Waals surface area contributed by atoms with Gasteiger partial charge in [-0.1, -0.05) is 0 Å². The molecule has 47 valence electrons. The van der Waals surface area contributed by atoms with E-state index in [9.17, 15) is 0 Å². The van der Waals surface area contributed by atoms with Crippen LogP contribution in [0.15, 0.2) is 0 Å². The van der Waals surface area contributed by atoms with E-state index in [1.807, 2.05) is 0 Å². The van der Waals surface area contributed by atoms with Crippen molar-refractivity contribution in [3.63, 3.8) is 0 Å². The molecule has 0 amide bonds. The molecule has 0 aliphatic heterocycles. The van der Waals surface area contributed by atoms with Crippen LogP contribution in [0.5, 0.6) is 0 Å². The fourth-order valence-electron chi connectivity index (χ4n) is 0. The Labute approximate surface area is 86.1 Å². The van der Waals surface area contributed by atoms with Crippen molar-refractivity contribution in [3.8, 4) is 0 Å². The predicted octanol–water partition coefficient (Wildman–Crippen LogP) is -1.85. The van der Waals surface area contributed by atoms with Crippen LogP contribution in [0.2, 0.25) is 0 Å². The third-order valence-electron chi connectivity index (χ3n) is 0. The monoisotopic (exact) mass is 247 g/mol. The average Bonchev–Trinajstić information content (AvgIpc) is 0.722. The van der Waals surface area contributed by atoms with Crippen molar-refractivity contribution in [1.82, 2.24) is 0 Å². The molecule has 1 radical (unpaired) electrons. The van der Waals surface area contributed by atoms with Gasteiger partial charge in [0, 0.05) is 22.4 Å². The average molecular weight is 248 g/mol. The summed E-state index contributed by atoms with van der Waals surface area (Å²) in [6, 6.07) is 0. The summed E-state index contributed by atoms with van der Waals surface area (Å²) in [5, 5.41) is 0. The van der Waals surface area contributed by atoms with Crippen molar-refractivity contribution >= 4 is 45.6 Å². The van der Waals surface area contributed by atoms with Crippen LogP contribution in [-0.4, -0.2) is 52.4 Å². The van der Waals surface area contributed by atoms with Gasteiger partial charge in [-0.15, -0.1) is 0 Å². The van der Waals surface area contributed by atoms with Crippen molar-refractivity contribution in [2.75, 3.05) is 0 Å². The minimum atomic E-state index is -4.64. The SMILES string of the molecule is O=P(O)(O)O.[Ag].[CaH2]. The van der Waals surface area contributed by atoms with Gasteiger partial charge in [0.25, 0.3) is 0 Å². The topological polar surface area (TPSA) is 77.8 Å². The molecule has 0 rings (SSSR count). The van der Waals surface area contributed by atoms with E-state index in [2.05, 4.69) is 0 Å². The number of hydrogen-bond acceptors (Lipinski definition) is 1. The first kappa shape index (κ1) is 16.1. The number of rotatable bonds is 0. The third-order valence-corrected chi connectivity index (χ3v) is 0. The van der Waals surface area contributed by atoms with Crippen molar-refractivity contribution in [2.24, 2.45) is 0 Å². The van der Waals surface area contributed by atoms with Crippen LogP contribution in [0, 0.1) is 0 Å². The maximum atomic E-state index is 8.88. The summed E-state index contributed by atoms with van der Waals surface area (Å²) in [5.74, 6) is 0. The van der Waals surface area contributed by atoms with Crippen LogP contribution in [0.3, 0.4) is 0 Å². The maximum absolute atomic E-state index is 8.88. The molecule has 0 aliphatic carbocycles. The van der Waals surface area contributed by atoms with E-state index in [1.54, 1.807) is 0 Å². The molecule has 0 fully saturated rings. The molecule has 0 bridgehead atoms. The summed E-state index contributed by atoms with van der Waals surface area (Å²) in [5.41, 5.74) is 0. The molecule has 0 unspecified atom stereocenters. The second-order valence-electron chi connectivity index (χ2n) is 0.513. The second kappa shape index (κ2) is 6.23. The van der Waals surface area contributed by atoms with Gasteiger partial charge in [-0.2, -0.15) is 0 Å². The van der Waals surface area contributed by atoms with Crippen molar-refractivity contribution in [2.45, 2.75) is 0 Å². The Kier molecular flexibility index (Phi) is 14.3. The zero-order valence-electron chi connectivity index (χ0n) is 2.50. The predicted molar refractivity (Wildman–Crippen MR) is 22.8 cm³/mol. The van der Waals surface area contributed by atoms with E-state index >= 15 is 0 Å². The number of hydrogen-bond donors (Lipinski definition) is 3. The van der Waals surface area contributed by atoms with Crippen LogP contribution < -0.4 is 0 Å². The number of phosphoric acid groups is 1. The summed E-state index contributed by atoms with van der Waals surface area (Å²) < 4.78 is 8.88. The fraction of sp³-hybridized carbons (Fsp3) is 0. The summed E-state index contributed by atoms with van der Waals surface area (Å²) in [4.78, 5) is 21.6. The van der Waals surface area contributed by atoms with Crippen molar-refractivity contribution in [1.29, 1.82) is 0 Å². The molecule has 7 heavy (non-hydrogen) atoms. The summed E-state index contributed by atoms with van der Waals surface area (Å²) in [6.45, 7) is 0. The van der Waals surface area contributed by atoms with Gasteiger partial charge in [-0.05, 0) is 0 Å². The van der Waals surface area contributed by atoms with E-state index in [-0.39, 0.29) is 60.1 Å². The first-order valence-electron chi connectivity index (χ1n) is 0.783. The molecule has 0 aromatic rings. The summed E-state index contributed by atoms with van der Waals surface area (Å²) >= 11 is 0. The van der Waals surface area contributed by atoms with E-state index in [0.717, 1.165) is 0 Å².